The summed E-state index contributed by atoms with van der Waals surface area (Å²) in [7, 11) is -1.46. The molecule has 2 aliphatic rings. The maximum absolute atomic E-state index is 11.6. The van der Waals surface area contributed by atoms with Crippen molar-refractivity contribution in [2.75, 3.05) is 39.6 Å². The van der Waals surface area contributed by atoms with Gasteiger partial charge in [-0.25, -0.2) is 14.5 Å². The molecule has 1 atom stereocenters. The molecule has 0 aliphatic carbocycles. The Labute approximate surface area is 226 Å². The Bertz CT molecular complexity index is 855. The topological polar surface area (TPSA) is 157 Å². The van der Waals surface area contributed by atoms with Gasteiger partial charge in [0.1, 0.15) is 17.0 Å². The van der Waals surface area contributed by atoms with E-state index in [2.05, 4.69) is 10.6 Å². The Morgan fingerprint density at radius 2 is 1.61 bits per heavy atom. The Kier molecular flexibility index (Phi) is 15.4. The van der Waals surface area contributed by atoms with Crippen molar-refractivity contribution >= 4 is 37.2 Å². The minimum atomic E-state index is -2.79. The molecular weight excluding hydrogens is 517 g/mol. The van der Waals surface area contributed by atoms with E-state index in [1.807, 2.05) is 0 Å². The van der Waals surface area contributed by atoms with Crippen molar-refractivity contribution < 1.29 is 42.5 Å². The molecule has 0 bridgehead atoms. The van der Waals surface area contributed by atoms with Gasteiger partial charge in [-0.15, -0.1) is 0 Å². The summed E-state index contributed by atoms with van der Waals surface area (Å²) < 4.78 is 26.4. The summed E-state index contributed by atoms with van der Waals surface area (Å²) in [5, 5.41) is 5.24. The smallest absolute Gasteiger partial charge is 0.417 e. The summed E-state index contributed by atoms with van der Waals surface area (Å²) in [4.78, 5) is 56.6. The molecule has 2 saturated heterocycles. The van der Waals surface area contributed by atoms with Gasteiger partial charge in [-0.2, -0.15) is 0 Å². The molecule has 12 nitrogen and oxygen atoms in total. The van der Waals surface area contributed by atoms with Gasteiger partial charge in [0, 0.05) is 52.7 Å². The van der Waals surface area contributed by atoms with Crippen LogP contribution in [0.2, 0.25) is 0 Å². The van der Waals surface area contributed by atoms with Crippen molar-refractivity contribution in [2.24, 2.45) is 0 Å². The number of Topliss-reactive ketones (excluding diaryl/α,β-unsaturated/α-hetero) is 1. The maximum Gasteiger partial charge on any atom is 0.417 e. The number of rotatable bonds is 7. The second-order valence-electron chi connectivity index (χ2n) is 11.0. The van der Waals surface area contributed by atoms with Gasteiger partial charge in [0.25, 0.3) is 0 Å². The van der Waals surface area contributed by atoms with E-state index in [0.29, 0.717) is 25.9 Å². The highest BCUT2D eigenvalue weighted by molar-refractivity contribution is 7.59. The molecule has 0 spiro atoms. The molecule has 220 valence electrons. The number of amides is 4. The molecular formula is C25H46N3O9P. The lowest BCUT2D eigenvalue weighted by Gasteiger charge is -2.23. The fourth-order valence-corrected chi connectivity index (χ4v) is 3.91. The van der Waals surface area contributed by atoms with Gasteiger partial charge < -0.3 is 24.6 Å². The van der Waals surface area contributed by atoms with E-state index < -0.39 is 30.8 Å². The van der Waals surface area contributed by atoms with Crippen LogP contribution in [0.4, 0.5) is 9.59 Å². The molecule has 2 fully saturated rings. The van der Waals surface area contributed by atoms with Crippen molar-refractivity contribution in [3.8, 4) is 0 Å². The van der Waals surface area contributed by atoms with Gasteiger partial charge >= 0.3 is 12.2 Å². The highest BCUT2D eigenvalue weighted by Gasteiger charge is 2.30. The van der Waals surface area contributed by atoms with Crippen molar-refractivity contribution in [3.05, 3.63) is 0 Å². The molecule has 2 aliphatic heterocycles. The molecule has 2 heterocycles. The minimum absolute atomic E-state index is 0.0596. The van der Waals surface area contributed by atoms with E-state index in [0.717, 1.165) is 25.8 Å². The molecule has 0 aromatic carbocycles. The Morgan fingerprint density at radius 3 is 2.00 bits per heavy atom. The molecule has 0 aromatic heterocycles. The predicted octanol–water partition coefficient (Wildman–Crippen LogP) is 3.86. The third-order valence-electron chi connectivity index (χ3n) is 4.74. The summed E-state index contributed by atoms with van der Waals surface area (Å²) >= 11 is 0. The van der Waals surface area contributed by atoms with E-state index >= 15 is 0 Å². The van der Waals surface area contributed by atoms with Crippen LogP contribution in [0.15, 0.2) is 0 Å². The molecule has 0 saturated carbocycles. The van der Waals surface area contributed by atoms with Gasteiger partial charge in [0.15, 0.2) is 0 Å². The monoisotopic (exact) mass is 563 g/mol. The van der Waals surface area contributed by atoms with Crippen molar-refractivity contribution in [1.29, 1.82) is 0 Å². The number of imide groups is 1. The number of alkyl carbamates (subject to hydrolysis) is 1. The Hall–Kier alpha value is -2.46. The summed E-state index contributed by atoms with van der Waals surface area (Å²) in [5.74, 6) is -0.0528. The average molecular weight is 564 g/mol. The van der Waals surface area contributed by atoms with Gasteiger partial charge in [-0.3, -0.25) is 18.9 Å². The maximum atomic E-state index is 11.6. The number of hydrogen-bond donors (Lipinski definition) is 2. The first kappa shape index (κ1) is 35.5. The number of hydrogen-bond acceptors (Lipinski definition) is 9. The highest BCUT2D eigenvalue weighted by Crippen LogP contribution is 2.41. The Morgan fingerprint density at radius 1 is 1.00 bits per heavy atom. The summed E-state index contributed by atoms with van der Waals surface area (Å²) in [6.07, 6.45) is 2.64. The van der Waals surface area contributed by atoms with Gasteiger partial charge in [0.05, 0.1) is 6.16 Å². The number of nitrogens with zero attached hydrogens (tertiary/aromatic N) is 1. The average Bonchev–Trinajstić information content (AvgIpc) is 3.40. The first-order valence-electron chi connectivity index (χ1n) is 12.8. The molecule has 1 unspecified atom stereocenters. The van der Waals surface area contributed by atoms with Crippen LogP contribution in [0.25, 0.3) is 0 Å². The normalized spacial score (nSPS) is 16.7. The number of likely N-dealkylation sites (tertiary alicyclic amines) is 1. The highest BCUT2D eigenvalue weighted by atomic mass is 31.2. The zero-order valence-electron chi connectivity index (χ0n) is 24.1. The molecule has 0 aromatic rings. The van der Waals surface area contributed by atoms with Crippen LogP contribution in [0.3, 0.4) is 0 Å². The third-order valence-corrected chi connectivity index (χ3v) is 6.44. The third kappa shape index (κ3) is 18.7. The summed E-state index contributed by atoms with van der Waals surface area (Å²) in [6, 6.07) is 0. The lowest BCUT2D eigenvalue weighted by Crippen LogP contribution is -2.37. The zero-order valence-corrected chi connectivity index (χ0v) is 25.0. The predicted molar refractivity (Wildman–Crippen MR) is 143 cm³/mol. The van der Waals surface area contributed by atoms with Crippen LogP contribution in [0.1, 0.15) is 80.1 Å². The SMILES string of the molecule is CC(C)(C)OC(=O)N1CCCC1=O.COP(C)(=O)CC(=O)CCCNC(=O)OC(C)(C)C.O=C1CCCN1. The zero-order chi connectivity index (χ0) is 29.6. The summed E-state index contributed by atoms with van der Waals surface area (Å²) in [5.41, 5.74) is -1.06. The second-order valence-corrected chi connectivity index (χ2v) is 13.7. The summed E-state index contributed by atoms with van der Waals surface area (Å²) in [6.45, 7) is 13.8. The number of nitrogens with one attached hydrogen (secondary N) is 2. The van der Waals surface area contributed by atoms with Crippen LogP contribution in [0, 0.1) is 0 Å². The van der Waals surface area contributed by atoms with E-state index in [4.69, 9.17) is 14.0 Å². The van der Waals surface area contributed by atoms with Crippen LogP contribution >= 0.6 is 7.37 Å². The van der Waals surface area contributed by atoms with Crippen LogP contribution in [-0.2, 0) is 32.9 Å². The van der Waals surface area contributed by atoms with Crippen molar-refractivity contribution in [2.45, 2.75) is 91.3 Å². The van der Waals surface area contributed by atoms with Crippen LogP contribution in [0.5, 0.6) is 0 Å². The standard InChI is InChI=1S/C12H24NO5P.C9H15NO3.C4H7NO/c1-12(2,3)18-11(15)13-8-6-7-10(14)9-19(5,16)17-4;1-9(2,3)13-8(12)10-6-4-5-7(10)11;6-4-2-1-3-5-4/h6-9H2,1-5H3,(H,13,15);4-6H2,1-3H3;1-3H2,(H,5,6). The fraction of sp³-hybridized carbons (Fsp3) is 0.800. The molecule has 2 N–H and O–H groups in total. The largest absolute Gasteiger partial charge is 0.444 e. The number of carbonyl (C=O) groups is 5. The van der Waals surface area contributed by atoms with Gasteiger partial charge in [-0.05, 0) is 60.8 Å². The molecule has 4 amide bonds. The molecule has 0 radical (unpaired) electrons. The van der Waals surface area contributed by atoms with Crippen LogP contribution in [-0.4, -0.2) is 85.5 Å². The van der Waals surface area contributed by atoms with Gasteiger partial charge in [-0.1, -0.05) is 0 Å². The lowest BCUT2D eigenvalue weighted by molar-refractivity contribution is -0.127. The molecule has 13 heteroatoms. The van der Waals surface area contributed by atoms with Gasteiger partial charge in [0.2, 0.25) is 19.2 Å². The minimum Gasteiger partial charge on any atom is -0.444 e. The quantitative estimate of drug-likeness (QED) is 0.347. The van der Waals surface area contributed by atoms with E-state index in [-0.39, 0.29) is 30.2 Å². The fourth-order valence-electron chi connectivity index (χ4n) is 2.98. The van der Waals surface area contributed by atoms with E-state index in [1.165, 1.54) is 18.7 Å². The number of carbonyl (C=O) groups excluding carboxylic acids is 5. The molecule has 2 rings (SSSR count). The lowest BCUT2D eigenvalue weighted by atomic mass is 10.2. The number of ketones is 1. The van der Waals surface area contributed by atoms with Crippen molar-refractivity contribution in [3.63, 3.8) is 0 Å². The second kappa shape index (κ2) is 16.5. The number of ether oxygens (including phenoxy) is 2. The first-order valence-corrected chi connectivity index (χ1v) is 15.0. The Balaban J connectivity index is 0.000000612. The van der Waals surface area contributed by atoms with E-state index in [1.54, 1.807) is 41.5 Å². The van der Waals surface area contributed by atoms with Crippen LogP contribution < -0.4 is 10.6 Å². The van der Waals surface area contributed by atoms with E-state index in [9.17, 15) is 28.5 Å². The first-order chi connectivity index (χ1) is 17.3. The van der Waals surface area contributed by atoms with Crippen molar-refractivity contribution in [1.82, 2.24) is 15.5 Å². The molecule has 38 heavy (non-hydrogen) atoms.